The monoisotopic (exact) mass is 184 g/mol. The highest BCUT2D eigenvalue weighted by molar-refractivity contribution is 5.66. The molecular formula is C7H8N2O4. The van der Waals surface area contributed by atoms with Crippen LogP contribution in [0.3, 0.4) is 0 Å². The predicted octanol–water partition coefficient (Wildman–Crippen LogP) is -0.989. The van der Waals surface area contributed by atoms with Crippen molar-refractivity contribution in [2.24, 2.45) is 0 Å². The summed E-state index contributed by atoms with van der Waals surface area (Å²) < 4.78 is 1.06. The summed E-state index contributed by atoms with van der Waals surface area (Å²) in [4.78, 5) is 34.1. The van der Waals surface area contributed by atoms with Crippen LogP contribution in [0, 0.1) is 0 Å². The zero-order chi connectivity index (χ0) is 9.84. The van der Waals surface area contributed by atoms with Crippen LogP contribution in [-0.2, 0) is 11.3 Å². The summed E-state index contributed by atoms with van der Waals surface area (Å²) >= 11 is 0. The topological polar surface area (TPSA) is 92.2 Å². The number of rotatable bonds is 3. The van der Waals surface area contributed by atoms with Crippen molar-refractivity contribution < 1.29 is 9.90 Å². The number of aliphatic carboxylic acids is 1. The minimum Gasteiger partial charge on any atom is -0.481 e. The van der Waals surface area contributed by atoms with Crippen molar-refractivity contribution in [2.45, 2.75) is 13.0 Å². The van der Waals surface area contributed by atoms with Crippen LogP contribution < -0.4 is 11.1 Å². The first-order chi connectivity index (χ1) is 6.11. The summed E-state index contributed by atoms with van der Waals surface area (Å²) in [5.41, 5.74) is -1.48. The maximum absolute atomic E-state index is 11.0. The second-order valence-electron chi connectivity index (χ2n) is 2.43. The number of carboxylic acid groups (broad SMARTS) is 1. The van der Waals surface area contributed by atoms with Crippen LogP contribution in [0.15, 0.2) is 22.0 Å². The zero-order valence-corrected chi connectivity index (χ0v) is 6.69. The van der Waals surface area contributed by atoms with Crippen LogP contribution in [-0.4, -0.2) is 20.6 Å². The molecule has 0 aromatic carbocycles. The van der Waals surface area contributed by atoms with Crippen LogP contribution in [0.25, 0.3) is 0 Å². The maximum atomic E-state index is 11.0. The molecule has 0 bridgehead atoms. The molecule has 0 radical (unpaired) electrons. The van der Waals surface area contributed by atoms with Crippen molar-refractivity contribution in [1.82, 2.24) is 9.55 Å². The second kappa shape index (κ2) is 3.70. The molecule has 0 unspecified atom stereocenters. The molecule has 0 aliphatic carbocycles. The van der Waals surface area contributed by atoms with Crippen molar-refractivity contribution in [3.8, 4) is 0 Å². The first-order valence-electron chi connectivity index (χ1n) is 3.61. The van der Waals surface area contributed by atoms with Gasteiger partial charge in [-0.25, -0.2) is 0 Å². The average molecular weight is 184 g/mol. The lowest BCUT2D eigenvalue weighted by molar-refractivity contribution is -0.137. The van der Waals surface area contributed by atoms with Gasteiger partial charge in [-0.2, -0.15) is 0 Å². The molecule has 6 nitrogen and oxygen atoms in total. The van der Waals surface area contributed by atoms with Crippen LogP contribution in [0.4, 0.5) is 0 Å². The molecule has 70 valence electrons. The highest BCUT2D eigenvalue weighted by atomic mass is 16.4. The lowest BCUT2D eigenvalue weighted by atomic mass is 10.4. The van der Waals surface area contributed by atoms with E-state index in [0.29, 0.717) is 0 Å². The van der Waals surface area contributed by atoms with Crippen LogP contribution >= 0.6 is 0 Å². The molecule has 6 heteroatoms. The lowest BCUT2D eigenvalue weighted by Gasteiger charge is -1.99. The van der Waals surface area contributed by atoms with E-state index in [2.05, 4.69) is 4.98 Å². The highest BCUT2D eigenvalue weighted by Gasteiger charge is 2.01. The molecule has 1 aromatic rings. The summed E-state index contributed by atoms with van der Waals surface area (Å²) in [6, 6.07) is 0. The van der Waals surface area contributed by atoms with E-state index >= 15 is 0 Å². The van der Waals surface area contributed by atoms with Gasteiger partial charge in [-0.05, 0) is 0 Å². The van der Waals surface area contributed by atoms with E-state index in [9.17, 15) is 14.4 Å². The number of hydrogen-bond acceptors (Lipinski definition) is 3. The summed E-state index contributed by atoms with van der Waals surface area (Å²) in [6.45, 7) is 0.0120. The molecule has 1 rings (SSSR count). The summed E-state index contributed by atoms with van der Waals surface area (Å²) in [5.74, 6) is -1.01. The Bertz CT molecular complexity index is 417. The smallest absolute Gasteiger partial charge is 0.316 e. The van der Waals surface area contributed by atoms with Gasteiger partial charge in [0.25, 0.3) is 0 Å². The molecule has 1 heterocycles. The Morgan fingerprint density at radius 3 is 2.85 bits per heavy atom. The molecular weight excluding hydrogens is 176 g/mol. The number of nitrogens with one attached hydrogen (secondary N) is 1. The predicted molar refractivity (Wildman–Crippen MR) is 43.6 cm³/mol. The van der Waals surface area contributed by atoms with Crippen molar-refractivity contribution in [1.29, 1.82) is 0 Å². The third-order valence-electron chi connectivity index (χ3n) is 1.49. The maximum Gasteiger partial charge on any atom is 0.316 e. The van der Waals surface area contributed by atoms with Gasteiger partial charge in [0.15, 0.2) is 0 Å². The van der Waals surface area contributed by atoms with Crippen molar-refractivity contribution in [2.75, 3.05) is 0 Å². The van der Waals surface area contributed by atoms with Gasteiger partial charge in [0.05, 0.1) is 6.42 Å². The molecule has 0 atom stereocenters. The van der Waals surface area contributed by atoms with E-state index in [0.717, 1.165) is 4.57 Å². The molecule has 2 N–H and O–H groups in total. The largest absolute Gasteiger partial charge is 0.481 e. The fourth-order valence-corrected chi connectivity index (χ4v) is 0.855. The Kier molecular flexibility index (Phi) is 2.63. The van der Waals surface area contributed by atoms with E-state index in [1.165, 1.54) is 12.4 Å². The van der Waals surface area contributed by atoms with E-state index in [1.807, 2.05) is 0 Å². The number of aromatic amines is 1. The van der Waals surface area contributed by atoms with Crippen molar-refractivity contribution in [3.05, 3.63) is 33.1 Å². The van der Waals surface area contributed by atoms with Crippen LogP contribution in [0.5, 0.6) is 0 Å². The second-order valence-corrected chi connectivity index (χ2v) is 2.43. The first kappa shape index (κ1) is 9.24. The molecule has 13 heavy (non-hydrogen) atoms. The van der Waals surface area contributed by atoms with Gasteiger partial charge in [0.2, 0.25) is 0 Å². The Morgan fingerprint density at radius 2 is 2.23 bits per heavy atom. The van der Waals surface area contributed by atoms with E-state index < -0.39 is 17.1 Å². The van der Waals surface area contributed by atoms with E-state index in [4.69, 9.17) is 5.11 Å². The summed E-state index contributed by atoms with van der Waals surface area (Å²) in [7, 11) is 0. The van der Waals surface area contributed by atoms with Gasteiger partial charge in [0, 0.05) is 18.9 Å². The molecule has 0 amide bonds. The van der Waals surface area contributed by atoms with Gasteiger partial charge in [-0.15, -0.1) is 0 Å². The zero-order valence-electron chi connectivity index (χ0n) is 6.69. The van der Waals surface area contributed by atoms with Crippen molar-refractivity contribution in [3.63, 3.8) is 0 Å². The Balaban J connectivity index is 2.90. The van der Waals surface area contributed by atoms with Crippen molar-refractivity contribution >= 4 is 5.97 Å². The number of aryl methyl sites for hydroxylation is 1. The number of carboxylic acids is 1. The number of nitrogens with zero attached hydrogens (tertiary/aromatic N) is 1. The van der Waals surface area contributed by atoms with Gasteiger partial charge in [-0.1, -0.05) is 0 Å². The van der Waals surface area contributed by atoms with E-state index in [1.54, 1.807) is 0 Å². The summed E-state index contributed by atoms with van der Waals surface area (Å²) in [6.07, 6.45) is 2.46. The van der Waals surface area contributed by atoms with Gasteiger partial charge in [0.1, 0.15) is 0 Å². The van der Waals surface area contributed by atoms with Crippen LogP contribution in [0.1, 0.15) is 6.42 Å². The van der Waals surface area contributed by atoms with Gasteiger partial charge < -0.3 is 14.7 Å². The fourth-order valence-electron chi connectivity index (χ4n) is 0.855. The minimum atomic E-state index is -1.01. The molecule has 0 aliphatic heterocycles. The average Bonchev–Trinajstić information content (AvgIpc) is 2.07. The number of H-pyrrole nitrogens is 1. The number of aromatic nitrogens is 2. The van der Waals surface area contributed by atoms with Crippen LogP contribution in [0.2, 0.25) is 0 Å². The quantitative estimate of drug-likeness (QED) is 0.590. The first-order valence-corrected chi connectivity index (χ1v) is 3.61. The SMILES string of the molecule is O=C(O)CCn1cc[nH]c(=O)c1=O. The molecule has 0 saturated carbocycles. The Morgan fingerprint density at radius 1 is 1.54 bits per heavy atom. The third kappa shape index (κ3) is 2.29. The fraction of sp³-hybridized carbons (Fsp3) is 0.286. The number of hydrogen-bond donors (Lipinski definition) is 2. The molecule has 0 saturated heterocycles. The Hall–Kier alpha value is -1.85. The normalized spacial score (nSPS) is 9.85. The highest BCUT2D eigenvalue weighted by Crippen LogP contribution is 1.83. The molecule has 0 aliphatic rings. The standard InChI is InChI=1S/C7H8N2O4/c10-5(11)1-3-9-4-2-8-6(12)7(9)13/h2,4H,1,3H2,(H,8,12)(H,10,11). The number of carbonyl (C=O) groups is 1. The Labute approximate surface area is 72.5 Å². The molecule has 0 spiro atoms. The van der Waals surface area contributed by atoms with E-state index in [-0.39, 0.29) is 13.0 Å². The lowest BCUT2D eigenvalue weighted by Crippen LogP contribution is -2.35. The third-order valence-corrected chi connectivity index (χ3v) is 1.49. The van der Waals surface area contributed by atoms with Gasteiger partial charge in [-0.3, -0.25) is 14.4 Å². The van der Waals surface area contributed by atoms with Gasteiger partial charge >= 0.3 is 17.1 Å². The molecule has 0 fully saturated rings. The summed E-state index contributed by atoms with van der Waals surface area (Å²) in [5, 5.41) is 8.33. The minimum absolute atomic E-state index is 0.0120. The molecule has 1 aromatic heterocycles.